The Hall–Kier alpha value is -4.22. The minimum atomic E-state index is -1.14. The Balaban J connectivity index is 1.57. The monoisotopic (exact) mass is 703 g/mol. The Bertz CT molecular complexity index is 1860. The highest BCUT2D eigenvalue weighted by Crippen LogP contribution is 2.60. The molecule has 0 spiro atoms. The van der Waals surface area contributed by atoms with E-state index in [0.717, 1.165) is 18.4 Å². The molecule has 2 aromatic heterocycles. The number of hydrogen-bond donors (Lipinski definition) is 4. The van der Waals surface area contributed by atoms with Gasteiger partial charge in [0.05, 0.1) is 29.1 Å². The van der Waals surface area contributed by atoms with E-state index in [9.17, 15) is 14.4 Å². The third-order valence-electron chi connectivity index (χ3n) is 10.0. The van der Waals surface area contributed by atoms with E-state index < -0.39 is 22.9 Å². The average molecular weight is 704 g/mol. The first-order valence-corrected chi connectivity index (χ1v) is 17.7. The SMILES string of the molecule is CCNC(=O)[C@H](NC(=O)C(C)(COC)c1ccc2nc([C@@H](NC(=O)c3ccnn3CC)[C@H](c3ccccc3Cl)C3(C)CC3)[nH]c2c1)C(C)(C)C. The lowest BCUT2D eigenvalue weighted by atomic mass is 9.78. The van der Waals surface area contributed by atoms with Crippen LogP contribution in [0, 0.1) is 10.8 Å². The van der Waals surface area contributed by atoms with Crippen LogP contribution in [0.2, 0.25) is 5.02 Å². The van der Waals surface area contributed by atoms with E-state index in [2.05, 4.69) is 33.0 Å². The van der Waals surface area contributed by atoms with E-state index >= 15 is 0 Å². The zero-order valence-corrected chi connectivity index (χ0v) is 31.1. The minimum absolute atomic E-state index is 0.0777. The number of halogens is 1. The zero-order valence-electron chi connectivity index (χ0n) is 30.3. The van der Waals surface area contributed by atoms with Crippen molar-refractivity contribution in [2.24, 2.45) is 10.8 Å². The zero-order chi connectivity index (χ0) is 36.4. The molecule has 4 atom stereocenters. The number of nitrogens with one attached hydrogen (secondary N) is 4. The van der Waals surface area contributed by atoms with Crippen LogP contribution >= 0.6 is 11.6 Å². The highest BCUT2D eigenvalue weighted by Gasteiger charge is 2.51. The van der Waals surface area contributed by atoms with E-state index in [4.69, 9.17) is 21.3 Å². The number of nitrogens with zero attached hydrogens (tertiary/aromatic N) is 3. The van der Waals surface area contributed by atoms with Gasteiger partial charge in [-0.05, 0) is 79.8 Å². The maximum Gasteiger partial charge on any atom is 0.270 e. The number of imidazole rings is 1. The summed E-state index contributed by atoms with van der Waals surface area (Å²) in [7, 11) is 1.55. The maximum atomic E-state index is 14.1. The summed E-state index contributed by atoms with van der Waals surface area (Å²) in [6.45, 7) is 14.7. The van der Waals surface area contributed by atoms with Crippen molar-refractivity contribution >= 4 is 40.4 Å². The highest BCUT2D eigenvalue weighted by molar-refractivity contribution is 6.31. The molecule has 50 heavy (non-hydrogen) atoms. The first-order valence-electron chi connectivity index (χ1n) is 17.3. The topological polar surface area (TPSA) is 143 Å². The van der Waals surface area contributed by atoms with Gasteiger partial charge in [-0.1, -0.05) is 63.6 Å². The van der Waals surface area contributed by atoms with Crippen molar-refractivity contribution in [2.45, 2.75) is 91.3 Å². The molecule has 0 aliphatic heterocycles. The number of hydrogen-bond acceptors (Lipinski definition) is 6. The van der Waals surface area contributed by atoms with Crippen LogP contribution in [-0.4, -0.2) is 63.8 Å². The lowest BCUT2D eigenvalue weighted by molar-refractivity contribution is -0.135. The van der Waals surface area contributed by atoms with Crippen molar-refractivity contribution < 1.29 is 19.1 Å². The number of likely N-dealkylation sites (N-methyl/N-ethyl adjacent to an activating group) is 1. The van der Waals surface area contributed by atoms with Gasteiger partial charge in [0.15, 0.2) is 0 Å². The van der Waals surface area contributed by atoms with Crippen LogP contribution in [0.25, 0.3) is 11.0 Å². The molecule has 2 aromatic carbocycles. The third kappa shape index (κ3) is 7.44. The fourth-order valence-corrected chi connectivity index (χ4v) is 7.08. The van der Waals surface area contributed by atoms with Crippen molar-refractivity contribution in [2.75, 3.05) is 20.3 Å². The largest absolute Gasteiger partial charge is 0.383 e. The van der Waals surface area contributed by atoms with Gasteiger partial charge in [-0.25, -0.2) is 4.98 Å². The van der Waals surface area contributed by atoms with Crippen LogP contribution in [0.15, 0.2) is 54.7 Å². The van der Waals surface area contributed by atoms with Crippen LogP contribution in [0.3, 0.4) is 0 Å². The Morgan fingerprint density at radius 2 is 1.78 bits per heavy atom. The maximum absolute atomic E-state index is 14.1. The number of carbonyl (C=O) groups is 3. The summed E-state index contributed by atoms with van der Waals surface area (Å²) in [6, 6.07) is 13.8. The Labute approximate surface area is 299 Å². The molecule has 5 rings (SSSR count). The molecule has 2 heterocycles. The molecule has 3 amide bonds. The molecule has 1 aliphatic rings. The average Bonchev–Trinajstić information content (AvgIpc) is 3.44. The van der Waals surface area contributed by atoms with E-state index in [1.54, 1.807) is 24.1 Å². The highest BCUT2D eigenvalue weighted by atomic mass is 35.5. The Morgan fingerprint density at radius 3 is 2.40 bits per heavy atom. The number of aryl methyl sites for hydroxylation is 1. The van der Waals surface area contributed by atoms with Gasteiger partial charge in [-0.15, -0.1) is 0 Å². The molecule has 0 bridgehead atoms. The van der Waals surface area contributed by atoms with Gasteiger partial charge < -0.3 is 25.7 Å². The van der Waals surface area contributed by atoms with Gasteiger partial charge in [0, 0.05) is 37.3 Å². The summed E-state index contributed by atoms with van der Waals surface area (Å²) in [5.74, 6) is -0.446. The molecule has 1 aliphatic carbocycles. The van der Waals surface area contributed by atoms with Crippen LogP contribution in [0.5, 0.6) is 0 Å². The van der Waals surface area contributed by atoms with Gasteiger partial charge in [-0.2, -0.15) is 5.10 Å². The molecule has 0 saturated heterocycles. The van der Waals surface area contributed by atoms with Gasteiger partial charge >= 0.3 is 0 Å². The lowest BCUT2D eigenvalue weighted by Gasteiger charge is -2.35. The van der Waals surface area contributed by atoms with Gasteiger partial charge in [-0.3, -0.25) is 19.1 Å². The number of methoxy groups -OCH3 is 1. The Morgan fingerprint density at radius 1 is 1.06 bits per heavy atom. The standard InChI is InChI=1S/C38H50ClN7O4/c1-9-40-34(48)31(36(3,4)5)45-35(49)38(7,22-50-8)23-15-16-26-27(21-23)43-32(42-26)30(44-33(47)28-17-20-41-46(28)10-2)29(37(6)18-19-37)24-13-11-12-14-25(24)39/h11-17,20-21,29-31H,9-10,18-19,22H2,1-8H3,(H,40,48)(H,42,43)(H,44,47)(H,45,49)/t29-,30-,31-,38?/m0/s1. The molecular weight excluding hydrogens is 654 g/mol. The molecule has 1 saturated carbocycles. The van der Waals surface area contributed by atoms with Gasteiger partial charge in [0.25, 0.3) is 5.91 Å². The van der Waals surface area contributed by atoms with Crippen molar-refractivity contribution in [3.8, 4) is 0 Å². The lowest BCUT2D eigenvalue weighted by Crippen LogP contribution is -2.58. The summed E-state index contributed by atoms with van der Waals surface area (Å²) in [5.41, 5.74) is 1.66. The summed E-state index contributed by atoms with van der Waals surface area (Å²) in [6.07, 6.45) is 3.57. The molecule has 12 heteroatoms. The third-order valence-corrected chi connectivity index (χ3v) is 10.4. The number of fused-ring (bicyclic) bond motifs is 1. The molecule has 0 radical (unpaired) electrons. The van der Waals surface area contributed by atoms with Crippen molar-refractivity contribution in [3.05, 3.63) is 82.4 Å². The number of H-pyrrole nitrogens is 1. The fourth-order valence-electron chi connectivity index (χ4n) is 6.83. The molecule has 1 fully saturated rings. The predicted molar refractivity (Wildman–Crippen MR) is 195 cm³/mol. The minimum Gasteiger partial charge on any atom is -0.383 e. The van der Waals surface area contributed by atoms with E-state index in [1.165, 1.54) is 0 Å². The fraction of sp³-hybridized carbons (Fsp3) is 0.500. The predicted octanol–water partition coefficient (Wildman–Crippen LogP) is 6.06. The van der Waals surface area contributed by atoms with Gasteiger partial charge in [0.2, 0.25) is 11.8 Å². The number of carbonyl (C=O) groups excluding carboxylic acids is 3. The van der Waals surface area contributed by atoms with Crippen LogP contribution < -0.4 is 16.0 Å². The summed E-state index contributed by atoms with van der Waals surface area (Å²) >= 11 is 6.85. The summed E-state index contributed by atoms with van der Waals surface area (Å²) in [4.78, 5) is 49.5. The number of benzene rings is 2. The van der Waals surface area contributed by atoms with Crippen LogP contribution in [-0.2, 0) is 26.3 Å². The normalized spacial score (nSPS) is 17.0. The smallest absolute Gasteiger partial charge is 0.270 e. The molecule has 4 aromatic rings. The van der Waals surface area contributed by atoms with Crippen molar-refractivity contribution in [3.63, 3.8) is 0 Å². The molecular formula is C38H50ClN7O4. The first kappa shape index (κ1) is 37.0. The molecule has 11 nitrogen and oxygen atoms in total. The number of aromatic nitrogens is 4. The van der Waals surface area contributed by atoms with E-state index in [1.807, 2.05) is 84.0 Å². The second-order valence-electron chi connectivity index (χ2n) is 14.9. The first-order chi connectivity index (χ1) is 23.7. The number of aromatic amines is 1. The van der Waals surface area contributed by atoms with Crippen molar-refractivity contribution in [1.29, 1.82) is 0 Å². The van der Waals surface area contributed by atoms with E-state index in [-0.39, 0.29) is 35.7 Å². The Kier molecular flexibility index (Phi) is 10.8. The molecule has 4 N–H and O–H groups in total. The summed E-state index contributed by atoms with van der Waals surface area (Å²) < 4.78 is 7.26. The van der Waals surface area contributed by atoms with Crippen LogP contribution in [0.4, 0.5) is 0 Å². The van der Waals surface area contributed by atoms with Gasteiger partial charge in [0.1, 0.15) is 17.6 Å². The van der Waals surface area contributed by atoms with E-state index in [0.29, 0.717) is 46.2 Å². The second-order valence-corrected chi connectivity index (χ2v) is 15.3. The number of ether oxygens (including phenoxy) is 1. The quantitative estimate of drug-likeness (QED) is 0.126. The molecule has 268 valence electrons. The number of rotatable bonds is 14. The van der Waals surface area contributed by atoms with Crippen molar-refractivity contribution in [1.82, 2.24) is 35.7 Å². The molecule has 1 unspecified atom stereocenters. The van der Waals surface area contributed by atoms with Crippen LogP contribution in [0.1, 0.15) is 101 Å². The summed E-state index contributed by atoms with van der Waals surface area (Å²) in [5, 5.41) is 14.1. The second kappa shape index (κ2) is 14.6. The number of amides is 3.